The molecule has 90 valence electrons. The molecule has 0 aliphatic heterocycles. The molecule has 3 N–H and O–H groups in total. The fourth-order valence-corrected chi connectivity index (χ4v) is 1.94. The van der Waals surface area contributed by atoms with Crippen LogP contribution in [-0.4, -0.2) is 52.8 Å². The molecule has 1 aromatic heterocycles. The fraction of sp³-hybridized carbons (Fsp3) is 0.556. The minimum atomic E-state index is -0.761. The Morgan fingerprint density at radius 1 is 1.56 bits per heavy atom. The van der Waals surface area contributed by atoms with E-state index >= 15 is 0 Å². The van der Waals surface area contributed by atoms with E-state index in [0.29, 0.717) is 22.3 Å². The van der Waals surface area contributed by atoms with Gasteiger partial charge < -0.3 is 20.3 Å². The van der Waals surface area contributed by atoms with Crippen LogP contribution in [0.2, 0.25) is 0 Å². The number of aromatic nitrogens is 2. The highest BCUT2D eigenvalue weighted by Crippen LogP contribution is 2.32. The van der Waals surface area contributed by atoms with Crippen LogP contribution in [0.3, 0.4) is 0 Å². The van der Waals surface area contributed by atoms with Crippen molar-refractivity contribution in [2.45, 2.75) is 11.1 Å². The van der Waals surface area contributed by atoms with Crippen molar-refractivity contribution >= 4 is 17.6 Å². The van der Waals surface area contributed by atoms with Crippen molar-refractivity contribution in [2.75, 3.05) is 31.8 Å². The average Bonchev–Trinajstić information content (AvgIpc) is 2.34. The number of hydrogen-bond donors (Lipinski definition) is 3. The molecule has 1 atom stereocenters. The van der Waals surface area contributed by atoms with Crippen LogP contribution in [0.15, 0.2) is 11.4 Å². The second kappa shape index (κ2) is 6.51. The van der Waals surface area contributed by atoms with E-state index in [4.69, 9.17) is 9.84 Å². The number of nitrogens with zero attached hydrogens (tertiary/aromatic N) is 2. The Kier molecular flexibility index (Phi) is 5.30. The number of ether oxygens (including phenoxy) is 1. The molecule has 7 heteroatoms. The fourth-order valence-electron chi connectivity index (χ4n) is 1.05. The minimum Gasteiger partial charge on any atom is -0.490 e. The summed E-state index contributed by atoms with van der Waals surface area (Å²) < 4.78 is 5.18. The largest absolute Gasteiger partial charge is 0.490 e. The van der Waals surface area contributed by atoms with Crippen LogP contribution >= 0.6 is 11.8 Å². The lowest BCUT2D eigenvalue weighted by atomic mass is 10.4. The Labute approximate surface area is 98.1 Å². The Balaban J connectivity index is 2.78. The first-order chi connectivity index (χ1) is 7.72. The Morgan fingerprint density at radius 3 is 2.88 bits per heavy atom. The lowest BCUT2D eigenvalue weighted by Gasteiger charge is -2.11. The van der Waals surface area contributed by atoms with Gasteiger partial charge in [0.05, 0.1) is 19.8 Å². The highest BCUT2D eigenvalue weighted by molar-refractivity contribution is 7.99. The molecule has 0 radical (unpaired) electrons. The average molecular weight is 245 g/mol. The smallest absolute Gasteiger partial charge is 0.193 e. The zero-order valence-corrected chi connectivity index (χ0v) is 9.99. The van der Waals surface area contributed by atoms with Crippen LogP contribution in [0.4, 0.5) is 5.82 Å². The maximum atomic E-state index is 9.24. The van der Waals surface area contributed by atoms with Crippen molar-refractivity contribution in [1.82, 2.24) is 9.97 Å². The summed E-state index contributed by atoms with van der Waals surface area (Å²) >= 11 is 1.31. The Morgan fingerprint density at radius 2 is 2.31 bits per heavy atom. The van der Waals surface area contributed by atoms with Crippen LogP contribution in [0.25, 0.3) is 0 Å². The first-order valence-electron chi connectivity index (χ1n) is 4.71. The SMILES string of the molecule is CNc1ncnc(SCC(O)CO)c1OC. The summed E-state index contributed by atoms with van der Waals surface area (Å²) in [6.07, 6.45) is 0.657. The standard InChI is InChI=1S/C9H15N3O3S/c1-10-8-7(15-2)9(12-5-11-8)16-4-6(14)3-13/h5-6,13-14H,3-4H2,1-2H3,(H,10,11,12). The van der Waals surface area contributed by atoms with Gasteiger partial charge in [-0.3, -0.25) is 0 Å². The molecule has 0 aliphatic rings. The molecule has 1 aromatic rings. The first kappa shape index (κ1) is 13.0. The van der Waals surface area contributed by atoms with Crippen LogP contribution in [0.5, 0.6) is 5.75 Å². The van der Waals surface area contributed by atoms with Crippen molar-refractivity contribution in [3.63, 3.8) is 0 Å². The van der Waals surface area contributed by atoms with E-state index in [0.717, 1.165) is 0 Å². The number of aliphatic hydroxyl groups excluding tert-OH is 2. The highest BCUT2D eigenvalue weighted by Gasteiger charge is 2.13. The van der Waals surface area contributed by atoms with Gasteiger partial charge in [0.15, 0.2) is 11.6 Å². The van der Waals surface area contributed by atoms with E-state index in [9.17, 15) is 5.11 Å². The van der Waals surface area contributed by atoms with Gasteiger partial charge in [-0.05, 0) is 0 Å². The Hall–Kier alpha value is -1.05. The number of aliphatic hydroxyl groups is 2. The summed E-state index contributed by atoms with van der Waals surface area (Å²) in [7, 11) is 3.27. The molecule has 0 saturated carbocycles. The van der Waals surface area contributed by atoms with Crippen molar-refractivity contribution < 1.29 is 14.9 Å². The topological polar surface area (TPSA) is 87.5 Å². The summed E-state index contributed by atoms with van der Waals surface area (Å²) in [6.45, 7) is -0.265. The van der Waals surface area contributed by atoms with Gasteiger partial charge in [-0.1, -0.05) is 11.8 Å². The predicted octanol–water partition coefficient (Wildman–Crippen LogP) is -0.0278. The number of hydrogen-bond acceptors (Lipinski definition) is 7. The van der Waals surface area contributed by atoms with Gasteiger partial charge in [-0.25, -0.2) is 9.97 Å². The van der Waals surface area contributed by atoms with E-state index in [1.807, 2.05) is 0 Å². The summed E-state index contributed by atoms with van der Waals surface area (Å²) in [5.74, 6) is 1.49. The minimum absolute atomic E-state index is 0.265. The monoisotopic (exact) mass is 245 g/mol. The molecule has 0 aromatic carbocycles. The normalized spacial score (nSPS) is 12.2. The van der Waals surface area contributed by atoms with Crippen LogP contribution in [-0.2, 0) is 0 Å². The van der Waals surface area contributed by atoms with Gasteiger partial charge in [-0.15, -0.1) is 0 Å². The number of thioether (sulfide) groups is 1. The van der Waals surface area contributed by atoms with Crippen molar-refractivity contribution in [1.29, 1.82) is 0 Å². The molecule has 1 heterocycles. The number of anilines is 1. The van der Waals surface area contributed by atoms with Gasteiger partial charge in [-0.2, -0.15) is 0 Å². The van der Waals surface area contributed by atoms with Gasteiger partial charge in [0.25, 0.3) is 0 Å². The summed E-state index contributed by atoms with van der Waals surface area (Å²) in [6, 6.07) is 0. The Bertz CT molecular complexity index is 338. The third-order valence-electron chi connectivity index (χ3n) is 1.84. The van der Waals surface area contributed by atoms with E-state index in [1.165, 1.54) is 25.2 Å². The number of methoxy groups -OCH3 is 1. The van der Waals surface area contributed by atoms with E-state index in [1.54, 1.807) is 7.05 Å². The lowest BCUT2D eigenvalue weighted by Crippen LogP contribution is -2.14. The molecule has 1 rings (SSSR count). The second-order valence-electron chi connectivity index (χ2n) is 2.96. The van der Waals surface area contributed by atoms with Gasteiger partial charge in [0.2, 0.25) is 0 Å². The summed E-state index contributed by atoms with van der Waals surface area (Å²) in [4.78, 5) is 8.06. The predicted molar refractivity (Wildman–Crippen MR) is 61.9 cm³/mol. The van der Waals surface area contributed by atoms with Crippen LogP contribution in [0, 0.1) is 0 Å². The lowest BCUT2D eigenvalue weighted by molar-refractivity contribution is 0.113. The molecular formula is C9H15N3O3S. The van der Waals surface area contributed by atoms with Gasteiger partial charge >= 0.3 is 0 Å². The molecule has 1 unspecified atom stereocenters. The summed E-state index contributed by atoms with van der Waals surface area (Å²) in [5.41, 5.74) is 0. The first-order valence-corrected chi connectivity index (χ1v) is 5.70. The molecule has 0 saturated heterocycles. The van der Waals surface area contributed by atoms with Crippen LogP contribution < -0.4 is 10.1 Å². The molecule has 0 spiro atoms. The van der Waals surface area contributed by atoms with Gasteiger partial charge in [0.1, 0.15) is 11.4 Å². The van der Waals surface area contributed by atoms with Gasteiger partial charge in [0, 0.05) is 12.8 Å². The van der Waals surface area contributed by atoms with Crippen molar-refractivity contribution in [3.8, 4) is 5.75 Å². The van der Waals surface area contributed by atoms with E-state index < -0.39 is 6.10 Å². The molecule has 0 fully saturated rings. The van der Waals surface area contributed by atoms with Crippen molar-refractivity contribution in [2.24, 2.45) is 0 Å². The summed E-state index contributed by atoms with van der Waals surface area (Å²) in [5, 5.41) is 21.5. The number of nitrogens with one attached hydrogen (secondary N) is 1. The molecule has 0 amide bonds. The van der Waals surface area contributed by atoms with E-state index in [-0.39, 0.29) is 6.61 Å². The van der Waals surface area contributed by atoms with E-state index in [2.05, 4.69) is 15.3 Å². The zero-order chi connectivity index (χ0) is 12.0. The third kappa shape index (κ3) is 3.22. The maximum Gasteiger partial charge on any atom is 0.193 e. The number of rotatable bonds is 6. The second-order valence-corrected chi connectivity index (χ2v) is 3.97. The van der Waals surface area contributed by atoms with Crippen molar-refractivity contribution in [3.05, 3.63) is 6.33 Å². The molecule has 0 aliphatic carbocycles. The molecule has 6 nitrogen and oxygen atoms in total. The molecule has 0 bridgehead atoms. The highest BCUT2D eigenvalue weighted by atomic mass is 32.2. The quantitative estimate of drug-likeness (QED) is 0.479. The van der Waals surface area contributed by atoms with Crippen LogP contribution in [0.1, 0.15) is 0 Å². The maximum absolute atomic E-state index is 9.24. The molecular weight excluding hydrogens is 230 g/mol. The third-order valence-corrected chi connectivity index (χ3v) is 2.95. The zero-order valence-electron chi connectivity index (χ0n) is 9.17. The molecule has 16 heavy (non-hydrogen) atoms.